The lowest BCUT2D eigenvalue weighted by atomic mass is 10.1. The van der Waals surface area contributed by atoms with Gasteiger partial charge in [-0.15, -0.1) is 11.8 Å². The molecule has 2 aromatic carbocycles. The van der Waals surface area contributed by atoms with Crippen LogP contribution in [-0.4, -0.2) is 29.6 Å². The van der Waals surface area contributed by atoms with Gasteiger partial charge in [-0.2, -0.15) is 0 Å². The zero-order valence-corrected chi connectivity index (χ0v) is 19.6. The van der Waals surface area contributed by atoms with E-state index >= 15 is 0 Å². The van der Waals surface area contributed by atoms with Crippen LogP contribution in [0.3, 0.4) is 0 Å². The highest BCUT2D eigenvalue weighted by Crippen LogP contribution is 2.40. The Hall–Kier alpha value is -2.68. The van der Waals surface area contributed by atoms with Gasteiger partial charge in [0.1, 0.15) is 23.6 Å². The normalized spacial score (nSPS) is 15.3. The molecule has 0 saturated heterocycles. The summed E-state index contributed by atoms with van der Waals surface area (Å²) >= 11 is 7.89. The number of nitrogens with one attached hydrogen (secondary N) is 1. The quantitative estimate of drug-likeness (QED) is 0.451. The van der Waals surface area contributed by atoms with Crippen LogP contribution in [0.1, 0.15) is 35.0 Å². The number of aliphatic hydroxyl groups excluding tert-OH is 1. The second-order valence-corrected chi connectivity index (χ2v) is 8.99. The van der Waals surface area contributed by atoms with E-state index in [1.165, 1.54) is 23.9 Å². The summed E-state index contributed by atoms with van der Waals surface area (Å²) in [5.41, 5.74) is 1.45. The monoisotopic (exact) mass is 490 g/mol. The Kier molecular flexibility index (Phi) is 7.47. The van der Waals surface area contributed by atoms with Crippen LogP contribution in [0.2, 0.25) is 5.02 Å². The van der Waals surface area contributed by atoms with Gasteiger partial charge in [0.05, 0.1) is 36.7 Å². The molecule has 9 heteroatoms. The highest BCUT2D eigenvalue weighted by atomic mass is 35.5. The predicted molar refractivity (Wildman–Crippen MR) is 126 cm³/mol. The number of amides is 1. The number of rotatable bonds is 8. The first-order valence-electron chi connectivity index (χ1n) is 10.6. The number of aliphatic hydroxyl groups is 1. The molecule has 1 aliphatic heterocycles. The third kappa shape index (κ3) is 5.29. The first-order valence-corrected chi connectivity index (χ1v) is 12.0. The van der Waals surface area contributed by atoms with Crippen molar-refractivity contribution in [2.75, 3.05) is 17.3 Å². The van der Waals surface area contributed by atoms with Crippen LogP contribution in [0.4, 0.5) is 10.1 Å². The van der Waals surface area contributed by atoms with Crippen molar-refractivity contribution in [1.82, 2.24) is 5.32 Å². The van der Waals surface area contributed by atoms with Crippen molar-refractivity contribution in [2.45, 2.75) is 37.6 Å². The molecule has 174 valence electrons. The van der Waals surface area contributed by atoms with Crippen molar-refractivity contribution in [3.05, 3.63) is 76.5 Å². The molecule has 4 rings (SSSR count). The van der Waals surface area contributed by atoms with Crippen LogP contribution in [0.25, 0.3) is 0 Å². The van der Waals surface area contributed by atoms with Gasteiger partial charge >= 0.3 is 0 Å². The van der Waals surface area contributed by atoms with Crippen LogP contribution in [0, 0.1) is 5.82 Å². The average molecular weight is 491 g/mol. The molecular weight excluding hydrogens is 467 g/mol. The van der Waals surface area contributed by atoms with Gasteiger partial charge in [0.15, 0.2) is 0 Å². The van der Waals surface area contributed by atoms with Crippen molar-refractivity contribution >= 4 is 35.0 Å². The van der Waals surface area contributed by atoms with E-state index in [-0.39, 0.29) is 29.6 Å². The Bertz CT molecular complexity index is 1130. The first kappa shape index (κ1) is 23.5. The van der Waals surface area contributed by atoms with E-state index in [1.807, 2.05) is 6.92 Å². The molecule has 1 aliphatic rings. The maximum absolute atomic E-state index is 14.7. The topological polar surface area (TPSA) is 74.9 Å². The van der Waals surface area contributed by atoms with Crippen molar-refractivity contribution in [3.63, 3.8) is 0 Å². The van der Waals surface area contributed by atoms with E-state index < -0.39 is 12.0 Å². The molecular formula is C24H24ClFN2O4S. The van der Waals surface area contributed by atoms with Gasteiger partial charge in [-0.3, -0.25) is 4.79 Å². The smallest absolute Gasteiger partial charge is 0.251 e. The van der Waals surface area contributed by atoms with Crippen LogP contribution in [0.5, 0.6) is 5.75 Å². The number of nitrogens with zero attached hydrogens (tertiary/aromatic N) is 1. The highest BCUT2D eigenvalue weighted by Gasteiger charge is 2.28. The third-order valence-corrected chi connectivity index (χ3v) is 6.74. The lowest BCUT2D eigenvalue weighted by Crippen LogP contribution is -2.39. The number of hydrogen-bond donors (Lipinski definition) is 2. The minimum absolute atomic E-state index is 0.0623. The molecule has 0 bridgehead atoms. The van der Waals surface area contributed by atoms with E-state index in [1.54, 1.807) is 41.5 Å². The summed E-state index contributed by atoms with van der Waals surface area (Å²) in [7, 11) is 0. The number of carbonyl (C=O) groups excluding carboxylic acids is 1. The van der Waals surface area contributed by atoms with E-state index in [9.17, 15) is 14.3 Å². The van der Waals surface area contributed by atoms with Gasteiger partial charge in [-0.1, -0.05) is 18.5 Å². The number of anilines is 1. The minimum Gasteiger partial charge on any atom is -0.492 e. The number of fused-ring (bicyclic) bond motifs is 1. The Balaban J connectivity index is 1.55. The number of ether oxygens (including phenoxy) is 1. The minimum atomic E-state index is -0.836. The number of thioether (sulfide) groups is 1. The summed E-state index contributed by atoms with van der Waals surface area (Å²) in [5.74, 6) is 0.746. The maximum Gasteiger partial charge on any atom is 0.251 e. The van der Waals surface area contributed by atoms with E-state index in [0.29, 0.717) is 35.1 Å². The molecule has 2 heterocycles. The highest BCUT2D eigenvalue weighted by molar-refractivity contribution is 7.99. The number of hydrogen-bond acceptors (Lipinski definition) is 6. The predicted octanol–water partition coefficient (Wildman–Crippen LogP) is 5.22. The summed E-state index contributed by atoms with van der Waals surface area (Å²) in [6.45, 7) is 2.80. The Labute approximate surface area is 200 Å². The Morgan fingerprint density at radius 2 is 2.21 bits per heavy atom. The van der Waals surface area contributed by atoms with Crippen molar-refractivity contribution < 1.29 is 23.4 Å². The van der Waals surface area contributed by atoms with Crippen LogP contribution in [0.15, 0.2) is 58.0 Å². The van der Waals surface area contributed by atoms with Gasteiger partial charge in [-0.25, -0.2) is 4.39 Å². The van der Waals surface area contributed by atoms with Gasteiger partial charge in [-0.05, 0) is 48.9 Å². The fourth-order valence-electron chi connectivity index (χ4n) is 3.51. The molecule has 3 aromatic rings. The molecule has 1 amide bonds. The van der Waals surface area contributed by atoms with Gasteiger partial charge in [0.25, 0.3) is 5.91 Å². The zero-order valence-electron chi connectivity index (χ0n) is 18.0. The fourth-order valence-corrected chi connectivity index (χ4v) is 4.83. The molecule has 2 N–H and O–H groups in total. The lowest BCUT2D eigenvalue weighted by molar-refractivity contribution is 0.0948. The third-order valence-electron chi connectivity index (χ3n) is 5.22. The molecule has 6 nitrogen and oxygen atoms in total. The standard InChI is InChI=1S/C24H24ClFN2O4S/c1-2-9-32-20-8-6-18(26)17(23(20)25)13-28-19-7-5-15(11-21(19)33-14-22(28)29)24(30)27-12-16-4-3-10-31-16/h3-8,10-11,22,29H,2,9,12-14H2,1H3,(H,27,30). The van der Waals surface area contributed by atoms with E-state index in [2.05, 4.69) is 5.32 Å². The lowest BCUT2D eigenvalue weighted by Gasteiger charge is -2.36. The zero-order chi connectivity index (χ0) is 23.4. The number of furan rings is 1. The van der Waals surface area contributed by atoms with Crippen LogP contribution >= 0.6 is 23.4 Å². The molecule has 0 spiro atoms. The second kappa shape index (κ2) is 10.5. The molecule has 1 aromatic heterocycles. The first-order chi connectivity index (χ1) is 16.0. The van der Waals surface area contributed by atoms with Crippen molar-refractivity contribution in [1.29, 1.82) is 0 Å². The Morgan fingerprint density at radius 1 is 1.36 bits per heavy atom. The molecule has 1 atom stereocenters. The summed E-state index contributed by atoms with van der Waals surface area (Å²) in [5, 5.41) is 13.7. The number of carbonyl (C=O) groups is 1. The molecule has 0 saturated carbocycles. The fraction of sp³-hybridized carbons (Fsp3) is 0.292. The second-order valence-electron chi connectivity index (χ2n) is 7.55. The molecule has 33 heavy (non-hydrogen) atoms. The number of benzene rings is 2. The maximum atomic E-state index is 14.7. The summed E-state index contributed by atoms with van der Waals surface area (Å²) in [4.78, 5) is 15.1. The van der Waals surface area contributed by atoms with Crippen molar-refractivity contribution in [3.8, 4) is 5.75 Å². The van der Waals surface area contributed by atoms with E-state index in [4.69, 9.17) is 20.8 Å². The van der Waals surface area contributed by atoms with Crippen LogP contribution in [-0.2, 0) is 13.1 Å². The van der Waals surface area contributed by atoms with E-state index in [0.717, 1.165) is 11.3 Å². The summed E-state index contributed by atoms with van der Waals surface area (Å²) in [6.07, 6.45) is 1.52. The SMILES string of the molecule is CCCOc1ccc(F)c(CN2c3ccc(C(=O)NCc4ccco4)cc3SCC2O)c1Cl. The summed E-state index contributed by atoms with van der Waals surface area (Å²) < 4.78 is 25.5. The Morgan fingerprint density at radius 3 is 2.97 bits per heavy atom. The molecule has 1 unspecified atom stereocenters. The van der Waals surface area contributed by atoms with Crippen LogP contribution < -0.4 is 15.0 Å². The molecule has 0 radical (unpaired) electrons. The van der Waals surface area contributed by atoms with Gasteiger partial charge in [0.2, 0.25) is 0 Å². The summed E-state index contributed by atoms with van der Waals surface area (Å²) in [6, 6.07) is 11.6. The molecule has 0 fully saturated rings. The molecule has 0 aliphatic carbocycles. The largest absolute Gasteiger partial charge is 0.492 e. The average Bonchev–Trinajstić information content (AvgIpc) is 3.34. The van der Waals surface area contributed by atoms with Crippen molar-refractivity contribution in [2.24, 2.45) is 0 Å². The van der Waals surface area contributed by atoms with Gasteiger partial charge in [0, 0.05) is 21.8 Å². The number of halogens is 2. The van der Waals surface area contributed by atoms with Gasteiger partial charge < -0.3 is 24.5 Å².